The molecule has 1 rings (SSSR count). The highest BCUT2D eigenvalue weighted by atomic mass is 32.1. The van der Waals surface area contributed by atoms with E-state index in [0.29, 0.717) is 6.54 Å². The first kappa shape index (κ1) is 8.07. The first-order chi connectivity index (χ1) is 5.29. The summed E-state index contributed by atoms with van der Waals surface area (Å²) < 4.78 is 0. The fraction of sp³-hybridized carbons (Fsp3) is 0.286. The normalized spacial score (nSPS) is 9.45. The first-order valence-corrected chi connectivity index (χ1v) is 4.27. The molecule has 0 saturated carbocycles. The van der Waals surface area contributed by atoms with Gasteiger partial charge in [0, 0.05) is 6.54 Å². The van der Waals surface area contributed by atoms with Gasteiger partial charge in [0.1, 0.15) is 0 Å². The van der Waals surface area contributed by atoms with Gasteiger partial charge < -0.3 is 11.1 Å². The summed E-state index contributed by atoms with van der Waals surface area (Å²) in [5.41, 5.74) is 6.12. The van der Waals surface area contributed by atoms with E-state index >= 15 is 0 Å². The van der Waals surface area contributed by atoms with Crippen LogP contribution in [0.5, 0.6) is 0 Å². The molecule has 11 heavy (non-hydrogen) atoms. The summed E-state index contributed by atoms with van der Waals surface area (Å²) in [5.74, 6) is 0. The van der Waals surface area contributed by atoms with E-state index in [1.165, 1.54) is 5.56 Å². The first-order valence-electron chi connectivity index (χ1n) is 3.33. The van der Waals surface area contributed by atoms with Gasteiger partial charge in [-0.2, -0.15) is 11.3 Å². The average Bonchev–Trinajstić information content (AvgIpc) is 2.39. The largest absolute Gasteiger partial charge is 0.352 e. The lowest BCUT2D eigenvalue weighted by molar-refractivity contribution is 0.249. The molecule has 3 nitrogen and oxygen atoms in total. The Labute approximate surface area is 69.2 Å². The molecule has 0 saturated heterocycles. The van der Waals surface area contributed by atoms with E-state index in [1.54, 1.807) is 11.3 Å². The summed E-state index contributed by atoms with van der Waals surface area (Å²) in [7, 11) is 0. The third-order valence-electron chi connectivity index (χ3n) is 1.29. The summed E-state index contributed by atoms with van der Waals surface area (Å²) in [6.45, 7) is 0.617. The monoisotopic (exact) mass is 170 g/mol. The van der Waals surface area contributed by atoms with E-state index in [-0.39, 0.29) is 0 Å². The molecule has 0 atom stereocenters. The van der Waals surface area contributed by atoms with Crippen LogP contribution in [0.1, 0.15) is 5.56 Å². The second-order valence-electron chi connectivity index (χ2n) is 2.17. The highest BCUT2D eigenvalue weighted by molar-refractivity contribution is 7.07. The molecule has 60 valence electrons. The maximum atomic E-state index is 10.2. The second kappa shape index (κ2) is 3.98. The number of nitrogens with one attached hydrogen (secondary N) is 1. The zero-order chi connectivity index (χ0) is 8.10. The van der Waals surface area contributed by atoms with Crippen LogP contribution in [0.2, 0.25) is 0 Å². The molecule has 0 unspecified atom stereocenters. The molecule has 0 aromatic carbocycles. The van der Waals surface area contributed by atoms with E-state index in [1.807, 2.05) is 11.4 Å². The number of hydrogen-bond donors (Lipinski definition) is 2. The molecule has 2 amide bonds. The average molecular weight is 170 g/mol. The van der Waals surface area contributed by atoms with Crippen molar-refractivity contribution in [2.45, 2.75) is 6.42 Å². The predicted octanol–water partition coefficient (Wildman–Crippen LogP) is 0.959. The van der Waals surface area contributed by atoms with E-state index in [2.05, 4.69) is 10.7 Å². The zero-order valence-corrected chi connectivity index (χ0v) is 6.86. The van der Waals surface area contributed by atoms with Crippen molar-refractivity contribution in [2.24, 2.45) is 5.73 Å². The van der Waals surface area contributed by atoms with Gasteiger partial charge in [-0.25, -0.2) is 4.79 Å². The summed E-state index contributed by atoms with van der Waals surface area (Å²) in [6, 6.07) is 1.58. The number of amides is 2. The minimum atomic E-state index is -0.458. The van der Waals surface area contributed by atoms with Crippen molar-refractivity contribution in [1.29, 1.82) is 0 Å². The fourth-order valence-electron chi connectivity index (χ4n) is 0.765. The lowest BCUT2D eigenvalue weighted by atomic mass is 10.2. The van der Waals surface area contributed by atoms with Crippen LogP contribution in [0.4, 0.5) is 4.79 Å². The smallest absolute Gasteiger partial charge is 0.312 e. The van der Waals surface area contributed by atoms with Crippen LogP contribution < -0.4 is 11.1 Å². The molecular formula is C7H10N2OS. The third kappa shape index (κ3) is 3.04. The number of thiophene rings is 1. The van der Waals surface area contributed by atoms with Gasteiger partial charge in [0.05, 0.1) is 0 Å². The molecule has 0 aliphatic carbocycles. The van der Waals surface area contributed by atoms with Gasteiger partial charge in [-0.15, -0.1) is 0 Å². The molecule has 0 bridgehead atoms. The van der Waals surface area contributed by atoms with Gasteiger partial charge in [-0.05, 0) is 28.8 Å². The van der Waals surface area contributed by atoms with Crippen LogP contribution in [-0.4, -0.2) is 12.6 Å². The van der Waals surface area contributed by atoms with Crippen LogP contribution in [0.3, 0.4) is 0 Å². The summed E-state index contributed by atoms with van der Waals surface area (Å²) in [4.78, 5) is 10.2. The maximum absolute atomic E-state index is 10.2. The topological polar surface area (TPSA) is 55.1 Å². The highest BCUT2D eigenvalue weighted by Crippen LogP contribution is 2.05. The Bertz CT molecular complexity index is 220. The minimum Gasteiger partial charge on any atom is -0.352 e. The molecular weight excluding hydrogens is 160 g/mol. The second-order valence-corrected chi connectivity index (χ2v) is 2.95. The van der Waals surface area contributed by atoms with Crippen molar-refractivity contribution in [3.8, 4) is 0 Å². The number of carbonyl (C=O) groups excluding carboxylic acids is 1. The molecule has 1 aromatic heterocycles. The van der Waals surface area contributed by atoms with Crippen molar-refractivity contribution in [1.82, 2.24) is 5.32 Å². The number of hydrogen-bond acceptors (Lipinski definition) is 2. The number of carbonyl (C=O) groups is 1. The van der Waals surface area contributed by atoms with E-state index in [4.69, 9.17) is 5.73 Å². The van der Waals surface area contributed by atoms with Crippen LogP contribution >= 0.6 is 11.3 Å². The molecule has 0 aliphatic heterocycles. The third-order valence-corrected chi connectivity index (χ3v) is 2.03. The minimum absolute atomic E-state index is 0.458. The zero-order valence-electron chi connectivity index (χ0n) is 6.04. The standard InChI is InChI=1S/C7H10N2OS/c8-7(10)9-3-1-6-2-4-11-5-6/h2,4-5H,1,3H2,(H3,8,9,10). The van der Waals surface area contributed by atoms with Crippen molar-refractivity contribution in [2.75, 3.05) is 6.54 Å². The summed E-state index contributed by atoms with van der Waals surface area (Å²) in [5, 5.41) is 6.60. The van der Waals surface area contributed by atoms with E-state index in [9.17, 15) is 4.79 Å². The molecule has 0 aliphatic rings. The lowest BCUT2D eigenvalue weighted by Crippen LogP contribution is -2.30. The fourth-order valence-corrected chi connectivity index (χ4v) is 1.47. The Morgan fingerprint density at radius 2 is 2.55 bits per heavy atom. The number of primary amides is 1. The number of urea groups is 1. The summed E-state index contributed by atoms with van der Waals surface area (Å²) >= 11 is 1.65. The van der Waals surface area contributed by atoms with Crippen molar-refractivity contribution in [3.05, 3.63) is 22.4 Å². The van der Waals surface area contributed by atoms with Crippen molar-refractivity contribution < 1.29 is 4.79 Å². The van der Waals surface area contributed by atoms with Gasteiger partial charge in [-0.3, -0.25) is 0 Å². The maximum Gasteiger partial charge on any atom is 0.312 e. The molecule has 0 radical (unpaired) electrons. The van der Waals surface area contributed by atoms with Gasteiger partial charge in [0.2, 0.25) is 0 Å². The number of nitrogens with two attached hydrogens (primary N) is 1. The molecule has 1 aromatic rings. The number of rotatable bonds is 3. The Balaban J connectivity index is 2.19. The van der Waals surface area contributed by atoms with Gasteiger partial charge >= 0.3 is 6.03 Å². The van der Waals surface area contributed by atoms with Gasteiger partial charge in [0.25, 0.3) is 0 Å². The van der Waals surface area contributed by atoms with Gasteiger partial charge in [-0.1, -0.05) is 0 Å². The lowest BCUT2D eigenvalue weighted by Gasteiger charge is -1.98. The Hall–Kier alpha value is -1.03. The van der Waals surface area contributed by atoms with E-state index in [0.717, 1.165) is 6.42 Å². The van der Waals surface area contributed by atoms with E-state index < -0.39 is 6.03 Å². The van der Waals surface area contributed by atoms with Crippen LogP contribution in [-0.2, 0) is 6.42 Å². The molecule has 3 N–H and O–H groups in total. The molecule has 0 fully saturated rings. The Morgan fingerprint density at radius 3 is 3.09 bits per heavy atom. The summed E-state index contributed by atoms with van der Waals surface area (Å²) in [6.07, 6.45) is 0.854. The molecule has 1 heterocycles. The Kier molecular flexibility index (Phi) is 2.92. The highest BCUT2D eigenvalue weighted by Gasteiger charge is 1.93. The van der Waals surface area contributed by atoms with Gasteiger partial charge in [0.15, 0.2) is 0 Å². The van der Waals surface area contributed by atoms with Crippen LogP contribution in [0.15, 0.2) is 16.8 Å². The molecule has 0 spiro atoms. The molecule has 4 heteroatoms. The van der Waals surface area contributed by atoms with Crippen LogP contribution in [0, 0.1) is 0 Å². The predicted molar refractivity (Wildman–Crippen MR) is 45.6 cm³/mol. The SMILES string of the molecule is NC(=O)NCCc1ccsc1. The van der Waals surface area contributed by atoms with Crippen molar-refractivity contribution in [3.63, 3.8) is 0 Å². The quantitative estimate of drug-likeness (QED) is 0.697. The van der Waals surface area contributed by atoms with Crippen molar-refractivity contribution >= 4 is 17.4 Å². The Morgan fingerprint density at radius 1 is 1.73 bits per heavy atom. The van der Waals surface area contributed by atoms with Crippen LogP contribution in [0.25, 0.3) is 0 Å².